The van der Waals surface area contributed by atoms with Crippen LogP contribution in [-0.2, 0) is 0 Å². The largest absolute Gasteiger partial charge is 0.278 e. The van der Waals surface area contributed by atoms with Gasteiger partial charge in [-0.05, 0) is 25.1 Å². The van der Waals surface area contributed by atoms with Crippen molar-refractivity contribution in [2.24, 2.45) is 5.10 Å². The standard InChI is InChI=1S/C13H12N4O2/c1-10(13-7-2-3-8-14-13)15-16-11-5-4-6-12(9-11)17(18)19/h2-9,16H,1H3/b15-10-. The van der Waals surface area contributed by atoms with Crippen LogP contribution in [0, 0.1) is 10.1 Å². The Hall–Kier alpha value is -2.76. The molecular weight excluding hydrogens is 244 g/mol. The van der Waals surface area contributed by atoms with Crippen molar-refractivity contribution < 1.29 is 4.92 Å². The molecule has 0 unspecified atom stereocenters. The molecule has 0 amide bonds. The monoisotopic (exact) mass is 256 g/mol. The Morgan fingerprint density at radius 3 is 2.84 bits per heavy atom. The molecule has 0 atom stereocenters. The van der Waals surface area contributed by atoms with Gasteiger partial charge in [0.1, 0.15) is 0 Å². The van der Waals surface area contributed by atoms with Gasteiger partial charge in [-0.25, -0.2) is 0 Å². The summed E-state index contributed by atoms with van der Waals surface area (Å²) in [7, 11) is 0. The molecule has 1 heterocycles. The highest BCUT2D eigenvalue weighted by molar-refractivity contribution is 5.97. The van der Waals surface area contributed by atoms with Crippen molar-refractivity contribution in [2.75, 3.05) is 5.43 Å². The van der Waals surface area contributed by atoms with Gasteiger partial charge in [-0.2, -0.15) is 5.10 Å². The first-order chi connectivity index (χ1) is 9.16. The lowest BCUT2D eigenvalue weighted by atomic mass is 10.2. The summed E-state index contributed by atoms with van der Waals surface area (Å²) in [4.78, 5) is 14.4. The normalized spacial score (nSPS) is 11.1. The van der Waals surface area contributed by atoms with E-state index in [1.165, 1.54) is 12.1 Å². The van der Waals surface area contributed by atoms with Crippen LogP contribution in [0.15, 0.2) is 53.8 Å². The van der Waals surface area contributed by atoms with Gasteiger partial charge in [-0.3, -0.25) is 20.5 Å². The first-order valence-electron chi connectivity index (χ1n) is 5.63. The van der Waals surface area contributed by atoms with Crippen LogP contribution in [0.25, 0.3) is 0 Å². The Kier molecular flexibility index (Phi) is 3.82. The molecule has 0 fully saturated rings. The number of non-ortho nitro benzene ring substituents is 1. The Labute approximate surface area is 110 Å². The summed E-state index contributed by atoms with van der Waals surface area (Å²) >= 11 is 0. The zero-order valence-electron chi connectivity index (χ0n) is 10.3. The summed E-state index contributed by atoms with van der Waals surface area (Å²) in [5, 5.41) is 14.8. The van der Waals surface area contributed by atoms with Gasteiger partial charge < -0.3 is 0 Å². The molecule has 0 saturated heterocycles. The maximum absolute atomic E-state index is 10.6. The number of rotatable bonds is 4. The summed E-state index contributed by atoms with van der Waals surface area (Å²) < 4.78 is 0. The minimum absolute atomic E-state index is 0.0238. The van der Waals surface area contributed by atoms with Gasteiger partial charge in [-0.15, -0.1) is 0 Å². The third-order valence-electron chi connectivity index (χ3n) is 2.45. The Bertz CT molecular complexity index is 611. The van der Waals surface area contributed by atoms with Crippen molar-refractivity contribution in [3.63, 3.8) is 0 Å². The number of nitrogens with zero attached hydrogens (tertiary/aromatic N) is 3. The highest BCUT2D eigenvalue weighted by Crippen LogP contribution is 2.17. The van der Waals surface area contributed by atoms with Crippen LogP contribution < -0.4 is 5.43 Å². The van der Waals surface area contributed by atoms with E-state index in [1.54, 1.807) is 18.3 Å². The fourth-order valence-electron chi connectivity index (χ4n) is 1.47. The lowest BCUT2D eigenvalue weighted by molar-refractivity contribution is -0.384. The van der Waals surface area contributed by atoms with Gasteiger partial charge in [-0.1, -0.05) is 12.1 Å². The topological polar surface area (TPSA) is 80.4 Å². The molecule has 0 bridgehead atoms. The Balaban J connectivity index is 2.14. The third kappa shape index (κ3) is 3.35. The summed E-state index contributed by atoms with van der Waals surface area (Å²) in [6, 6.07) is 11.7. The van der Waals surface area contributed by atoms with E-state index in [4.69, 9.17) is 0 Å². The fraction of sp³-hybridized carbons (Fsp3) is 0.0769. The maximum Gasteiger partial charge on any atom is 0.271 e. The quantitative estimate of drug-likeness (QED) is 0.518. The number of nitro benzene ring substituents is 1. The molecule has 1 aromatic carbocycles. The lowest BCUT2D eigenvalue weighted by Crippen LogP contribution is -2.01. The average Bonchev–Trinajstić information content (AvgIpc) is 2.46. The molecule has 96 valence electrons. The number of aromatic nitrogens is 1. The van der Waals surface area contributed by atoms with Gasteiger partial charge in [0.05, 0.1) is 22.0 Å². The molecule has 0 aliphatic heterocycles. The SMILES string of the molecule is C/C(=N/Nc1cccc([N+](=O)[O-])c1)c1ccccn1. The van der Waals surface area contributed by atoms with E-state index in [0.717, 1.165) is 5.69 Å². The van der Waals surface area contributed by atoms with E-state index in [2.05, 4.69) is 15.5 Å². The predicted molar refractivity (Wildman–Crippen MR) is 73.2 cm³/mol. The van der Waals surface area contributed by atoms with Gasteiger partial charge in [0.25, 0.3) is 5.69 Å². The number of hydrogen-bond acceptors (Lipinski definition) is 5. The number of anilines is 1. The van der Waals surface area contributed by atoms with Crippen molar-refractivity contribution in [3.8, 4) is 0 Å². The van der Waals surface area contributed by atoms with Crippen LogP contribution in [0.2, 0.25) is 0 Å². The van der Waals surface area contributed by atoms with Crippen molar-refractivity contribution in [1.29, 1.82) is 0 Å². The molecule has 1 N–H and O–H groups in total. The first kappa shape index (κ1) is 12.7. The highest BCUT2D eigenvalue weighted by atomic mass is 16.6. The number of nitro groups is 1. The van der Waals surface area contributed by atoms with Gasteiger partial charge in [0, 0.05) is 18.3 Å². The van der Waals surface area contributed by atoms with Crippen LogP contribution in [0.3, 0.4) is 0 Å². The van der Waals surface area contributed by atoms with Crippen LogP contribution in [-0.4, -0.2) is 15.6 Å². The number of hydrogen-bond donors (Lipinski definition) is 1. The number of benzene rings is 1. The highest BCUT2D eigenvalue weighted by Gasteiger charge is 2.05. The molecule has 1 aromatic heterocycles. The lowest BCUT2D eigenvalue weighted by Gasteiger charge is -2.02. The molecule has 0 aliphatic rings. The fourth-order valence-corrected chi connectivity index (χ4v) is 1.47. The predicted octanol–water partition coefficient (Wildman–Crippen LogP) is 2.83. The summed E-state index contributed by atoms with van der Waals surface area (Å²) in [6.07, 6.45) is 1.68. The second-order valence-corrected chi connectivity index (χ2v) is 3.83. The Morgan fingerprint density at radius 2 is 2.16 bits per heavy atom. The summed E-state index contributed by atoms with van der Waals surface area (Å²) in [5.41, 5.74) is 4.82. The maximum atomic E-state index is 10.6. The van der Waals surface area contributed by atoms with Crippen LogP contribution in [0.1, 0.15) is 12.6 Å². The number of hydrazone groups is 1. The Morgan fingerprint density at radius 1 is 1.32 bits per heavy atom. The summed E-state index contributed by atoms with van der Waals surface area (Å²) in [6.45, 7) is 1.81. The van der Waals surface area contributed by atoms with Crippen molar-refractivity contribution in [3.05, 3.63) is 64.5 Å². The van der Waals surface area contributed by atoms with Crippen LogP contribution >= 0.6 is 0 Å². The van der Waals surface area contributed by atoms with Crippen LogP contribution in [0.5, 0.6) is 0 Å². The van der Waals surface area contributed by atoms with Gasteiger partial charge >= 0.3 is 0 Å². The molecule has 0 saturated carbocycles. The molecule has 0 spiro atoms. The smallest absolute Gasteiger partial charge is 0.271 e. The van der Waals surface area contributed by atoms with E-state index < -0.39 is 4.92 Å². The molecule has 0 radical (unpaired) electrons. The third-order valence-corrected chi connectivity index (χ3v) is 2.45. The number of pyridine rings is 1. The second kappa shape index (κ2) is 5.72. The van der Waals surface area contributed by atoms with E-state index in [1.807, 2.05) is 25.1 Å². The molecule has 2 aromatic rings. The van der Waals surface area contributed by atoms with E-state index in [-0.39, 0.29) is 5.69 Å². The number of nitrogens with one attached hydrogen (secondary N) is 1. The van der Waals surface area contributed by atoms with Crippen molar-refractivity contribution >= 4 is 17.1 Å². The minimum atomic E-state index is -0.444. The molecule has 6 heteroatoms. The average molecular weight is 256 g/mol. The van der Waals surface area contributed by atoms with Crippen molar-refractivity contribution in [2.45, 2.75) is 6.92 Å². The zero-order valence-corrected chi connectivity index (χ0v) is 10.3. The van der Waals surface area contributed by atoms with Gasteiger partial charge in [0.15, 0.2) is 0 Å². The van der Waals surface area contributed by atoms with Crippen LogP contribution in [0.4, 0.5) is 11.4 Å². The molecule has 2 rings (SSSR count). The zero-order chi connectivity index (χ0) is 13.7. The van der Waals surface area contributed by atoms with E-state index in [0.29, 0.717) is 11.4 Å². The van der Waals surface area contributed by atoms with Gasteiger partial charge in [0.2, 0.25) is 0 Å². The van der Waals surface area contributed by atoms with E-state index >= 15 is 0 Å². The molecule has 0 aliphatic carbocycles. The molecule has 6 nitrogen and oxygen atoms in total. The van der Waals surface area contributed by atoms with Crippen molar-refractivity contribution in [1.82, 2.24) is 4.98 Å². The molecular formula is C13H12N4O2. The van der Waals surface area contributed by atoms with E-state index in [9.17, 15) is 10.1 Å². The second-order valence-electron chi connectivity index (χ2n) is 3.83. The first-order valence-corrected chi connectivity index (χ1v) is 5.63. The minimum Gasteiger partial charge on any atom is -0.278 e. The molecule has 19 heavy (non-hydrogen) atoms. The summed E-state index contributed by atoms with van der Waals surface area (Å²) in [5.74, 6) is 0.